The first-order valence-electron chi connectivity index (χ1n) is 5.26. The van der Waals surface area contributed by atoms with Gasteiger partial charge in [0, 0.05) is 0 Å². The zero-order chi connectivity index (χ0) is 13.7. The molecule has 92 valence electrons. The van der Waals surface area contributed by atoms with Gasteiger partial charge in [-0.05, 0) is 12.1 Å². The van der Waals surface area contributed by atoms with Crippen LogP contribution < -0.4 is 9.47 Å². The van der Waals surface area contributed by atoms with E-state index in [1.54, 1.807) is 36.4 Å². The molecule has 1 aromatic carbocycles. The molecule has 19 heavy (non-hydrogen) atoms. The van der Waals surface area contributed by atoms with Crippen molar-refractivity contribution in [2.24, 2.45) is 0 Å². The molecule has 0 amide bonds. The molecule has 6 heteroatoms. The van der Waals surface area contributed by atoms with Crippen LogP contribution in [0.5, 0.6) is 17.4 Å². The van der Waals surface area contributed by atoms with Crippen LogP contribution in [0.1, 0.15) is 11.4 Å². The minimum absolute atomic E-state index is 0.0325. The van der Waals surface area contributed by atoms with Crippen molar-refractivity contribution in [3.05, 3.63) is 41.9 Å². The molecule has 1 heterocycles. The Bertz CT molecular complexity index is 686. The topological polar surface area (TPSA) is 91.8 Å². The van der Waals surface area contributed by atoms with E-state index in [-0.39, 0.29) is 17.3 Å². The number of nitriles is 2. The van der Waals surface area contributed by atoms with Crippen molar-refractivity contribution in [1.82, 2.24) is 9.97 Å². The molecule has 0 aliphatic rings. The number of hydrogen-bond donors (Lipinski definition) is 0. The van der Waals surface area contributed by atoms with Crippen LogP contribution in [0.15, 0.2) is 30.5 Å². The fourth-order valence-electron chi connectivity index (χ4n) is 1.40. The molecule has 0 aliphatic carbocycles. The first-order valence-corrected chi connectivity index (χ1v) is 5.26. The first-order chi connectivity index (χ1) is 9.28. The lowest BCUT2D eigenvalue weighted by Crippen LogP contribution is -1.97. The lowest BCUT2D eigenvalue weighted by Gasteiger charge is -2.08. The number of nitrogens with zero attached hydrogens (tertiary/aromatic N) is 4. The summed E-state index contributed by atoms with van der Waals surface area (Å²) >= 11 is 0. The monoisotopic (exact) mass is 252 g/mol. The standard InChI is InChI=1S/C13H8N4O2/c1-18-11-4-2-3-5-12(11)19-13-8-16-9(6-14)10(7-15)17-13/h2-5,8H,1H3. The number of ether oxygens (including phenoxy) is 2. The van der Waals surface area contributed by atoms with Gasteiger partial charge in [0.05, 0.1) is 13.3 Å². The van der Waals surface area contributed by atoms with Gasteiger partial charge in [0.1, 0.15) is 12.1 Å². The summed E-state index contributed by atoms with van der Waals surface area (Å²) in [5, 5.41) is 17.6. The Labute approximate surface area is 109 Å². The van der Waals surface area contributed by atoms with Gasteiger partial charge >= 0.3 is 0 Å². The number of benzene rings is 1. The van der Waals surface area contributed by atoms with Crippen molar-refractivity contribution >= 4 is 0 Å². The van der Waals surface area contributed by atoms with E-state index in [4.69, 9.17) is 20.0 Å². The molecule has 2 rings (SSSR count). The molecule has 0 saturated heterocycles. The summed E-state index contributed by atoms with van der Waals surface area (Å²) in [6.07, 6.45) is 1.28. The highest BCUT2D eigenvalue weighted by molar-refractivity contribution is 5.42. The summed E-state index contributed by atoms with van der Waals surface area (Å²) in [5.41, 5.74) is -0.107. The Balaban J connectivity index is 2.35. The second kappa shape index (κ2) is 5.48. The molecule has 0 fully saturated rings. The number of para-hydroxylation sites is 2. The predicted molar refractivity (Wildman–Crippen MR) is 64.5 cm³/mol. The summed E-state index contributed by atoms with van der Waals surface area (Å²) in [7, 11) is 1.52. The summed E-state index contributed by atoms with van der Waals surface area (Å²) < 4.78 is 10.6. The van der Waals surface area contributed by atoms with Gasteiger partial charge in [0.15, 0.2) is 22.9 Å². The largest absolute Gasteiger partial charge is 0.493 e. The second-order valence-electron chi connectivity index (χ2n) is 3.38. The number of hydrogen-bond acceptors (Lipinski definition) is 6. The highest BCUT2D eigenvalue weighted by atomic mass is 16.5. The molecule has 0 spiro atoms. The molecule has 0 bridgehead atoms. The SMILES string of the molecule is COc1ccccc1Oc1cnc(C#N)c(C#N)n1. The van der Waals surface area contributed by atoms with E-state index >= 15 is 0 Å². The third-order valence-corrected chi connectivity index (χ3v) is 2.25. The van der Waals surface area contributed by atoms with Crippen LogP contribution in [-0.2, 0) is 0 Å². The van der Waals surface area contributed by atoms with Crippen LogP contribution in [0.3, 0.4) is 0 Å². The van der Waals surface area contributed by atoms with Gasteiger partial charge in [0.2, 0.25) is 5.88 Å². The summed E-state index contributed by atoms with van der Waals surface area (Å²) in [5.74, 6) is 1.11. The minimum atomic E-state index is -0.0742. The third kappa shape index (κ3) is 2.59. The molecule has 6 nitrogen and oxygen atoms in total. The Morgan fingerprint density at radius 1 is 1.05 bits per heavy atom. The normalized spacial score (nSPS) is 9.21. The van der Waals surface area contributed by atoms with Crippen LogP contribution in [0.25, 0.3) is 0 Å². The fourth-order valence-corrected chi connectivity index (χ4v) is 1.40. The molecule has 2 aromatic rings. The maximum Gasteiger partial charge on any atom is 0.239 e. The van der Waals surface area contributed by atoms with E-state index < -0.39 is 0 Å². The minimum Gasteiger partial charge on any atom is -0.493 e. The maximum absolute atomic E-state index is 8.86. The van der Waals surface area contributed by atoms with Gasteiger partial charge in [-0.3, -0.25) is 0 Å². The third-order valence-electron chi connectivity index (χ3n) is 2.25. The van der Waals surface area contributed by atoms with Crippen LogP contribution in [0.2, 0.25) is 0 Å². The zero-order valence-corrected chi connectivity index (χ0v) is 9.99. The van der Waals surface area contributed by atoms with E-state index in [9.17, 15) is 0 Å². The van der Waals surface area contributed by atoms with Crippen LogP contribution >= 0.6 is 0 Å². The number of aromatic nitrogens is 2. The average Bonchev–Trinajstić information content (AvgIpc) is 2.47. The predicted octanol–water partition coefficient (Wildman–Crippen LogP) is 2.02. The van der Waals surface area contributed by atoms with Gasteiger partial charge in [-0.25, -0.2) is 4.98 Å². The average molecular weight is 252 g/mol. The fraction of sp³-hybridized carbons (Fsp3) is 0.0769. The van der Waals surface area contributed by atoms with E-state index in [1.807, 2.05) is 0 Å². The van der Waals surface area contributed by atoms with Crippen molar-refractivity contribution in [2.75, 3.05) is 7.11 Å². The molecule has 0 unspecified atom stereocenters. The van der Waals surface area contributed by atoms with Crippen LogP contribution in [-0.4, -0.2) is 17.1 Å². The van der Waals surface area contributed by atoms with Crippen molar-refractivity contribution in [2.45, 2.75) is 0 Å². The van der Waals surface area contributed by atoms with Gasteiger partial charge < -0.3 is 9.47 Å². The van der Waals surface area contributed by atoms with E-state index in [0.717, 1.165) is 0 Å². The molecule has 0 radical (unpaired) electrons. The van der Waals surface area contributed by atoms with Crippen molar-refractivity contribution in [1.29, 1.82) is 10.5 Å². The maximum atomic E-state index is 8.86. The number of rotatable bonds is 3. The first kappa shape index (κ1) is 12.3. The van der Waals surface area contributed by atoms with Crippen molar-refractivity contribution in [3.63, 3.8) is 0 Å². The molecular formula is C13H8N4O2. The summed E-state index contributed by atoms with van der Waals surface area (Å²) in [6.45, 7) is 0. The Morgan fingerprint density at radius 3 is 2.37 bits per heavy atom. The molecular weight excluding hydrogens is 244 g/mol. The summed E-state index contributed by atoms with van der Waals surface area (Å²) in [6, 6.07) is 10.6. The van der Waals surface area contributed by atoms with Crippen molar-refractivity contribution in [3.8, 4) is 29.5 Å². The summed E-state index contributed by atoms with van der Waals surface area (Å²) in [4.78, 5) is 7.72. The van der Waals surface area contributed by atoms with E-state index in [2.05, 4.69) is 9.97 Å². The lowest BCUT2D eigenvalue weighted by atomic mass is 10.3. The van der Waals surface area contributed by atoms with Gasteiger partial charge in [-0.15, -0.1) is 0 Å². The van der Waals surface area contributed by atoms with E-state index in [1.165, 1.54) is 13.3 Å². The number of methoxy groups -OCH3 is 1. The Morgan fingerprint density at radius 2 is 1.74 bits per heavy atom. The Hall–Kier alpha value is -3.12. The molecule has 1 aromatic heterocycles. The van der Waals surface area contributed by atoms with Gasteiger partial charge in [-0.1, -0.05) is 12.1 Å². The van der Waals surface area contributed by atoms with Crippen molar-refractivity contribution < 1.29 is 9.47 Å². The quantitative estimate of drug-likeness (QED) is 0.829. The molecule has 0 N–H and O–H groups in total. The van der Waals surface area contributed by atoms with Crippen LogP contribution in [0.4, 0.5) is 0 Å². The highest BCUT2D eigenvalue weighted by Gasteiger charge is 2.10. The molecule has 0 aliphatic heterocycles. The lowest BCUT2D eigenvalue weighted by molar-refractivity contribution is 0.373. The zero-order valence-electron chi connectivity index (χ0n) is 9.99. The second-order valence-corrected chi connectivity index (χ2v) is 3.38. The molecule has 0 atom stereocenters. The van der Waals surface area contributed by atoms with E-state index in [0.29, 0.717) is 11.5 Å². The molecule has 0 saturated carbocycles. The van der Waals surface area contributed by atoms with Gasteiger partial charge in [0.25, 0.3) is 0 Å². The van der Waals surface area contributed by atoms with Gasteiger partial charge in [-0.2, -0.15) is 15.5 Å². The Kier molecular flexibility index (Phi) is 3.56. The van der Waals surface area contributed by atoms with Crippen LogP contribution in [0, 0.1) is 22.7 Å². The smallest absolute Gasteiger partial charge is 0.239 e. The highest BCUT2D eigenvalue weighted by Crippen LogP contribution is 2.29.